The Morgan fingerprint density at radius 2 is 1.51 bits per heavy atom. The number of nitrogens with zero attached hydrogens (tertiary/aromatic N) is 1. The van der Waals surface area contributed by atoms with Crippen molar-refractivity contribution in [2.24, 2.45) is 23.3 Å². The molecule has 6 amide bonds. The van der Waals surface area contributed by atoms with Crippen molar-refractivity contribution in [1.82, 2.24) is 36.6 Å². The molecular formula is C27H47N9O6S. The van der Waals surface area contributed by atoms with Gasteiger partial charge in [-0.1, -0.05) is 27.7 Å². The molecule has 0 aliphatic heterocycles. The molecule has 43 heavy (non-hydrogen) atoms. The Morgan fingerprint density at radius 3 is 2.02 bits per heavy atom. The standard InChI is InChI=1S/C27H47N9O6S/c1-14(2)9-19(25(40)34-18(23(29)38)7-8-43-6)35-26(41)20(10-17-11-30-13-32-17)33-21(37)12-31-27(42)22(15(3)4)36-24(39)16(5)28/h11,13-16,18-20,22H,7-10,12,28H2,1-6H3,(H2,29,38)(H,30,32)(H,31,42)(H,33,37)(H,34,40)(H,35,41)(H,36,39)/t16-,18-,19-,20-,22-/m0/s1. The predicted molar refractivity (Wildman–Crippen MR) is 163 cm³/mol. The number of amides is 6. The van der Waals surface area contributed by atoms with Crippen LogP contribution in [0.4, 0.5) is 0 Å². The summed E-state index contributed by atoms with van der Waals surface area (Å²) in [4.78, 5) is 82.9. The molecular weight excluding hydrogens is 578 g/mol. The number of nitrogens with two attached hydrogens (primary N) is 2. The molecule has 0 saturated heterocycles. The third-order valence-corrected chi connectivity index (χ3v) is 6.96. The van der Waals surface area contributed by atoms with Crippen molar-refractivity contribution in [3.05, 3.63) is 18.2 Å². The summed E-state index contributed by atoms with van der Waals surface area (Å²) in [7, 11) is 0. The molecule has 15 nitrogen and oxygen atoms in total. The minimum absolute atomic E-state index is 0.000483. The molecule has 0 saturated carbocycles. The number of aromatic nitrogens is 2. The summed E-state index contributed by atoms with van der Waals surface area (Å²) in [6, 6.07) is -4.82. The lowest BCUT2D eigenvalue weighted by atomic mass is 10.0. The molecule has 10 N–H and O–H groups in total. The highest BCUT2D eigenvalue weighted by molar-refractivity contribution is 7.98. The first-order valence-corrected chi connectivity index (χ1v) is 15.5. The van der Waals surface area contributed by atoms with E-state index in [4.69, 9.17) is 11.5 Å². The van der Waals surface area contributed by atoms with E-state index in [1.165, 1.54) is 25.0 Å². The van der Waals surface area contributed by atoms with Gasteiger partial charge in [0, 0.05) is 12.6 Å². The fourth-order valence-electron chi connectivity index (χ4n) is 3.93. The smallest absolute Gasteiger partial charge is 0.243 e. The number of hydrogen-bond donors (Lipinski definition) is 8. The van der Waals surface area contributed by atoms with Crippen LogP contribution >= 0.6 is 11.8 Å². The van der Waals surface area contributed by atoms with Gasteiger partial charge in [-0.05, 0) is 43.6 Å². The van der Waals surface area contributed by atoms with E-state index in [1.54, 1.807) is 20.0 Å². The van der Waals surface area contributed by atoms with Gasteiger partial charge < -0.3 is 43.0 Å². The van der Waals surface area contributed by atoms with Gasteiger partial charge in [0.1, 0.15) is 24.2 Å². The molecule has 0 aliphatic carbocycles. The summed E-state index contributed by atoms with van der Waals surface area (Å²) in [5.41, 5.74) is 11.5. The zero-order valence-electron chi connectivity index (χ0n) is 25.7. The minimum atomic E-state index is -1.16. The molecule has 1 aromatic heterocycles. The van der Waals surface area contributed by atoms with Crippen molar-refractivity contribution in [2.75, 3.05) is 18.6 Å². The highest BCUT2D eigenvalue weighted by Gasteiger charge is 2.31. The number of aromatic amines is 1. The molecule has 0 unspecified atom stereocenters. The van der Waals surface area contributed by atoms with Gasteiger partial charge in [0.05, 0.1) is 24.6 Å². The van der Waals surface area contributed by atoms with Gasteiger partial charge in [0.15, 0.2) is 0 Å². The Bertz CT molecular complexity index is 1080. The largest absolute Gasteiger partial charge is 0.368 e. The van der Waals surface area contributed by atoms with Gasteiger partial charge >= 0.3 is 0 Å². The first-order chi connectivity index (χ1) is 20.2. The number of carbonyl (C=O) groups is 6. The van der Waals surface area contributed by atoms with Crippen molar-refractivity contribution in [3.8, 4) is 0 Å². The molecule has 1 heterocycles. The zero-order chi connectivity index (χ0) is 32.7. The first-order valence-electron chi connectivity index (χ1n) is 14.2. The lowest BCUT2D eigenvalue weighted by Gasteiger charge is -2.26. The van der Waals surface area contributed by atoms with Crippen LogP contribution in [-0.2, 0) is 35.2 Å². The molecule has 0 fully saturated rings. The van der Waals surface area contributed by atoms with E-state index >= 15 is 0 Å². The SMILES string of the molecule is CSCC[C@H](NC(=O)[C@H](CC(C)C)NC(=O)[C@H](Cc1c[nH]cn1)NC(=O)CNC(=O)[C@@H](NC(=O)[C@H](C)N)C(C)C)C(N)=O. The quantitative estimate of drug-likeness (QED) is 0.0872. The average molecular weight is 626 g/mol. The fourth-order valence-corrected chi connectivity index (χ4v) is 4.40. The summed E-state index contributed by atoms with van der Waals surface area (Å²) in [6.07, 6.45) is 5.42. The Balaban J connectivity index is 3.01. The Hall–Kier alpha value is -3.66. The minimum Gasteiger partial charge on any atom is -0.368 e. The number of H-pyrrole nitrogens is 1. The third kappa shape index (κ3) is 13.9. The van der Waals surface area contributed by atoms with Crippen LogP contribution in [0.25, 0.3) is 0 Å². The summed E-state index contributed by atoms with van der Waals surface area (Å²) in [6.45, 7) is 8.21. The predicted octanol–water partition coefficient (Wildman–Crippen LogP) is -1.70. The molecule has 1 aromatic rings. The number of imidazole rings is 1. The van der Waals surface area contributed by atoms with Crippen molar-refractivity contribution in [1.29, 1.82) is 0 Å². The van der Waals surface area contributed by atoms with Crippen LogP contribution in [0.3, 0.4) is 0 Å². The molecule has 1 rings (SSSR count). The number of hydrogen-bond acceptors (Lipinski definition) is 9. The number of carbonyl (C=O) groups excluding carboxylic acids is 6. The molecule has 0 aliphatic rings. The van der Waals surface area contributed by atoms with Crippen molar-refractivity contribution < 1.29 is 28.8 Å². The molecule has 242 valence electrons. The first kappa shape index (κ1) is 37.4. The van der Waals surface area contributed by atoms with Crippen LogP contribution in [-0.4, -0.2) is 94.2 Å². The maximum Gasteiger partial charge on any atom is 0.243 e. The topological polar surface area (TPSA) is 243 Å². The van der Waals surface area contributed by atoms with Crippen LogP contribution < -0.4 is 38.1 Å². The fraction of sp³-hybridized carbons (Fsp3) is 0.667. The monoisotopic (exact) mass is 625 g/mol. The van der Waals surface area contributed by atoms with Crippen LogP contribution in [0.5, 0.6) is 0 Å². The lowest BCUT2D eigenvalue weighted by molar-refractivity contribution is -0.134. The van der Waals surface area contributed by atoms with Crippen LogP contribution in [0.15, 0.2) is 12.5 Å². The number of nitrogens with one attached hydrogen (secondary N) is 6. The Kier molecular flexibility index (Phi) is 16.3. The molecule has 5 atom stereocenters. The maximum absolute atomic E-state index is 13.4. The van der Waals surface area contributed by atoms with Crippen molar-refractivity contribution in [3.63, 3.8) is 0 Å². The van der Waals surface area contributed by atoms with Gasteiger partial charge in [-0.15, -0.1) is 0 Å². The van der Waals surface area contributed by atoms with Crippen LogP contribution in [0, 0.1) is 11.8 Å². The van der Waals surface area contributed by atoms with E-state index in [0.717, 1.165) is 0 Å². The number of rotatable bonds is 19. The van der Waals surface area contributed by atoms with Gasteiger partial charge in [0.2, 0.25) is 35.4 Å². The average Bonchev–Trinajstić information content (AvgIpc) is 3.44. The van der Waals surface area contributed by atoms with Crippen LogP contribution in [0.2, 0.25) is 0 Å². The molecule has 0 bridgehead atoms. The second-order valence-corrected chi connectivity index (χ2v) is 12.0. The Morgan fingerprint density at radius 1 is 0.884 bits per heavy atom. The van der Waals surface area contributed by atoms with E-state index in [9.17, 15) is 28.8 Å². The van der Waals surface area contributed by atoms with Crippen molar-refractivity contribution in [2.45, 2.75) is 84.1 Å². The lowest BCUT2D eigenvalue weighted by Crippen LogP contribution is -2.58. The summed E-state index contributed by atoms with van der Waals surface area (Å²) >= 11 is 1.50. The summed E-state index contributed by atoms with van der Waals surface area (Å²) in [5.74, 6) is -3.39. The molecule has 16 heteroatoms. The van der Waals surface area contributed by atoms with Gasteiger partial charge in [0.25, 0.3) is 0 Å². The Labute approximate surface area is 256 Å². The normalized spacial score (nSPS) is 14.6. The summed E-state index contributed by atoms with van der Waals surface area (Å²) in [5, 5.41) is 12.9. The maximum atomic E-state index is 13.4. The second-order valence-electron chi connectivity index (χ2n) is 11.1. The van der Waals surface area contributed by atoms with Gasteiger partial charge in [-0.3, -0.25) is 28.8 Å². The molecule has 0 spiro atoms. The van der Waals surface area contributed by atoms with E-state index in [2.05, 4.69) is 36.6 Å². The van der Waals surface area contributed by atoms with E-state index in [-0.39, 0.29) is 24.7 Å². The number of thioether (sulfide) groups is 1. The van der Waals surface area contributed by atoms with E-state index < -0.39 is 72.2 Å². The van der Waals surface area contributed by atoms with Gasteiger partial charge in [-0.2, -0.15) is 11.8 Å². The highest BCUT2D eigenvalue weighted by atomic mass is 32.2. The second kappa shape index (κ2) is 18.8. The third-order valence-electron chi connectivity index (χ3n) is 6.31. The summed E-state index contributed by atoms with van der Waals surface area (Å²) < 4.78 is 0. The molecule has 0 aromatic carbocycles. The highest BCUT2D eigenvalue weighted by Crippen LogP contribution is 2.09. The van der Waals surface area contributed by atoms with Crippen molar-refractivity contribution >= 4 is 47.2 Å². The van der Waals surface area contributed by atoms with E-state index in [1.807, 2.05) is 20.1 Å². The number of primary amides is 1. The van der Waals surface area contributed by atoms with E-state index in [0.29, 0.717) is 17.9 Å². The zero-order valence-corrected chi connectivity index (χ0v) is 26.5. The molecule has 0 radical (unpaired) electrons. The van der Waals surface area contributed by atoms with Crippen LogP contribution in [0.1, 0.15) is 53.2 Å². The van der Waals surface area contributed by atoms with Gasteiger partial charge in [-0.25, -0.2) is 4.98 Å².